The predicted octanol–water partition coefficient (Wildman–Crippen LogP) is 4.10. The third-order valence-corrected chi connectivity index (χ3v) is 4.58. The number of benzene rings is 1. The second-order valence-corrected chi connectivity index (χ2v) is 6.62. The van der Waals surface area contributed by atoms with Gasteiger partial charge in [0.15, 0.2) is 0 Å². The van der Waals surface area contributed by atoms with Gasteiger partial charge in [-0.15, -0.1) is 0 Å². The minimum Gasteiger partial charge on any atom is -0.315 e. The normalized spacial score (nSPS) is 12.9. The summed E-state index contributed by atoms with van der Waals surface area (Å²) < 4.78 is 58.2. The lowest BCUT2D eigenvalue weighted by molar-refractivity contribution is -0.0364. The number of nitrogens with two attached hydrogens (primary N) is 1. The highest BCUT2D eigenvalue weighted by Gasteiger charge is 2.44. The molecule has 0 fully saturated rings. The van der Waals surface area contributed by atoms with Crippen LogP contribution in [0.2, 0.25) is 0 Å². The van der Waals surface area contributed by atoms with E-state index >= 15 is 8.78 Å². The smallest absolute Gasteiger partial charge is 0.298 e. The zero-order valence-corrected chi connectivity index (χ0v) is 16.0. The third kappa shape index (κ3) is 4.62. The zero-order chi connectivity index (χ0) is 21.7. The van der Waals surface area contributed by atoms with Gasteiger partial charge in [-0.3, -0.25) is 15.0 Å². The summed E-state index contributed by atoms with van der Waals surface area (Å²) in [4.78, 5) is 11.8. The monoisotopic (exact) mass is 417 g/mol. The molecule has 0 aliphatic carbocycles. The van der Waals surface area contributed by atoms with Crippen LogP contribution in [0.4, 0.5) is 17.6 Å². The number of hydrogen-bond acceptors (Lipinski definition) is 4. The Morgan fingerprint density at radius 1 is 1.07 bits per heavy atom. The first-order valence-electron chi connectivity index (χ1n) is 8.99. The number of rotatable bonds is 7. The number of halogens is 4. The molecular formula is C21H19F4N5. The topological polar surface area (TPSA) is 76.2 Å². The van der Waals surface area contributed by atoms with E-state index in [0.717, 1.165) is 29.7 Å². The van der Waals surface area contributed by atoms with Crippen LogP contribution in [0.1, 0.15) is 22.9 Å². The lowest BCUT2D eigenvalue weighted by Crippen LogP contribution is -2.29. The minimum atomic E-state index is -3.59. The van der Waals surface area contributed by atoms with Crippen molar-refractivity contribution in [2.45, 2.75) is 18.8 Å². The maximum Gasteiger partial charge on any atom is 0.298 e. The number of aliphatic imine (C=N–C) groups is 1. The van der Waals surface area contributed by atoms with E-state index < -0.39 is 35.7 Å². The number of nitrogens with one attached hydrogen (secondary N) is 1. The van der Waals surface area contributed by atoms with Crippen molar-refractivity contribution in [1.82, 2.24) is 15.4 Å². The summed E-state index contributed by atoms with van der Waals surface area (Å²) in [5, 5.41) is 0. The van der Waals surface area contributed by atoms with Crippen molar-refractivity contribution in [3.05, 3.63) is 83.4 Å². The van der Waals surface area contributed by atoms with Gasteiger partial charge in [0.25, 0.3) is 5.92 Å². The molecule has 1 unspecified atom stereocenters. The largest absolute Gasteiger partial charge is 0.315 e. The first-order valence-corrected chi connectivity index (χ1v) is 8.99. The molecule has 0 spiro atoms. The molecule has 0 amide bonds. The third-order valence-electron chi connectivity index (χ3n) is 4.58. The molecule has 0 aliphatic heterocycles. The van der Waals surface area contributed by atoms with Crippen LogP contribution in [0, 0.1) is 18.6 Å². The van der Waals surface area contributed by atoms with Gasteiger partial charge in [0.1, 0.15) is 17.3 Å². The van der Waals surface area contributed by atoms with E-state index in [0.29, 0.717) is 11.6 Å². The number of pyridine rings is 2. The van der Waals surface area contributed by atoms with Crippen molar-refractivity contribution in [3.8, 4) is 11.1 Å². The number of hydrazine groups is 1. The number of hydrogen-bond donors (Lipinski definition) is 2. The van der Waals surface area contributed by atoms with Gasteiger partial charge in [0, 0.05) is 35.3 Å². The van der Waals surface area contributed by atoms with Crippen molar-refractivity contribution in [2.24, 2.45) is 10.8 Å². The van der Waals surface area contributed by atoms with Gasteiger partial charge in [-0.1, -0.05) is 18.2 Å². The molecule has 1 aromatic carbocycles. The molecular weight excluding hydrogens is 398 g/mol. The van der Waals surface area contributed by atoms with Crippen LogP contribution in [-0.4, -0.2) is 22.9 Å². The Labute approximate surface area is 170 Å². The Kier molecular flexibility index (Phi) is 6.41. The first kappa shape index (κ1) is 21.4. The maximum atomic E-state index is 15.3. The predicted molar refractivity (Wildman–Crippen MR) is 106 cm³/mol. The Hall–Kier alpha value is -3.33. The van der Waals surface area contributed by atoms with Gasteiger partial charge in [-0.2, -0.15) is 8.78 Å². The van der Waals surface area contributed by atoms with Gasteiger partial charge in [0.05, 0.1) is 18.8 Å². The summed E-state index contributed by atoms with van der Waals surface area (Å²) in [5.41, 5.74) is 3.34. The van der Waals surface area contributed by atoms with Crippen LogP contribution in [0.15, 0.2) is 59.9 Å². The molecule has 156 valence electrons. The Balaban J connectivity index is 1.97. The standard InChI is InChI=1S/C21H19F4N5/c1-13-2-3-14(9-28-13)15-4-7-20(29-10-15)21(24,25)18(11-27-12-30-26)17-6-5-16(22)8-19(17)23/h2-10,12,18H,11,26H2,1H3,(H,27,30). The molecule has 30 heavy (non-hydrogen) atoms. The van der Waals surface area contributed by atoms with Crippen molar-refractivity contribution >= 4 is 6.34 Å². The Bertz CT molecular complexity index is 1020. The van der Waals surface area contributed by atoms with Gasteiger partial charge >= 0.3 is 0 Å². The fourth-order valence-corrected chi connectivity index (χ4v) is 2.98. The summed E-state index contributed by atoms with van der Waals surface area (Å²) in [6.07, 6.45) is 3.94. The molecule has 0 saturated heterocycles. The molecule has 5 nitrogen and oxygen atoms in total. The average Bonchev–Trinajstić information content (AvgIpc) is 2.73. The van der Waals surface area contributed by atoms with E-state index in [9.17, 15) is 8.78 Å². The van der Waals surface area contributed by atoms with Crippen molar-refractivity contribution in [3.63, 3.8) is 0 Å². The lowest BCUT2D eigenvalue weighted by atomic mass is 9.89. The molecule has 0 aliphatic rings. The summed E-state index contributed by atoms with van der Waals surface area (Å²) in [6.45, 7) is 1.34. The molecule has 2 heterocycles. The SMILES string of the molecule is Cc1ccc(-c2ccc(C(F)(F)C(CN=CNN)c3ccc(F)cc3F)nc2)cn1. The number of aryl methyl sites for hydroxylation is 1. The van der Waals surface area contributed by atoms with Gasteiger partial charge in [-0.05, 0) is 30.7 Å². The second-order valence-electron chi connectivity index (χ2n) is 6.62. The van der Waals surface area contributed by atoms with E-state index in [1.165, 1.54) is 18.3 Å². The van der Waals surface area contributed by atoms with Gasteiger partial charge in [-0.25, -0.2) is 14.6 Å². The molecule has 3 rings (SSSR count). The molecule has 9 heteroatoms. The summed E-state index contributed by atoms with van der Waals surface area (Å²) in [6, 6.07) is 8.75. The molecule has 0 saturated carbocycles. The van der Waals surface area contributed by atoms with Crippen molar-refractivity contribution in [1.29, 1.82) is 0 Å². The van der Waals surface area contributed by atoms with E-state index in [1.54, 1.807) is 12.3 Å². The number of aromatic nitrogens is 2. The van der Waals surface area contributed by atoms with Crippen molar-refractivity contribution in [2.75, 3.05) is 6.54 Å². The Morgan fingerprint density at radius 3 is 2.33 bits per heavy atom. The first-order chi connectivity index (χ1) is 14.3. The van der Waals surface area contributed by atoms with Crippen LogP contribution < -0.4 is 11.3 Å². The summed E-state index contributed by atoms with van der Waals surface area (Å²) in [7, 11) is 0. The molecule has 0 bridgehead atoms. The lowest BCUT2D eigenvalue weighted by Gasteiger charge is -2.26. The summed E-state index contributed by atoms with van der Waals surface area (Å²) >= 11 is 0. The zero-order valence-electron chi connectivity index (χ0n) is 16.0. The number of alkyl halides is 2. The molecule has 2 aromatic heterocycles. The molecule has 3 aromatic rings. The van der Waals surface area contributed by atoms with Crippen LogP contribution in [-0.2, 0) is 5.92 Å². The fraction of sp³-hybridized carbons (Fsp3) is 0.190. The van der Waals surface area contributed by atoms with Crippen LogP contribution >= 0.6 is 0 Å². The van der Waals surface area contributed by atoms with Gasteiger partial charge in [0.2, 0.25) is 0 Å². The van der Waals surface area contributed by atoms with E-state index in [1.807, 2.05) is 13.0 Å². The maximum absolute atomic E-state index is 15.3. The highest BCUT2D eigenvalue weighted by molar-refractivity contribution is 5.61. The van der Waals surface area contributed by atoms with E-state index in [2.05, 4.69) is 20.4 Å². The van der Waals surface area contributed by atoms with Gasteiger partial charge < -0.3 is 5.43 Å². The summed E-state index contributed by atoms with van der Waals surface area (Å²) in [5.74, 6) is -2.18. The van der Waals surface area contributed by atoms with Crippen LogP contribution in [0.5, 0.6) is 0 Å². The molecule has 0 radical (unpaired) electrons. The van der Waals surface area contributed by atoms with E-state index in [-0.39, 0.29) is 5.56 Å². The Morgan fingerprint density at radius 2 is 1.77 bits per heavy atom. The average molecular weight is 417 g/mol. The number of nitrogens with zero attached hydrogens (tertiary/aromatic N) is 3. The quantitative estimate of drug-likeness (QED) is 0.200. The molecule has 3 N–H and O–H groups in total. The highest BCUT2D eigenvalue weighted by Crippen LogP contribution is 2.42. The van der Waals surface area contributed by atoms with Crippen LogP contribution in [0.3, 0.4) is 0 Å². The van der Waals surface area contributed by atoms with E-state index in [4.69, 9.17) is 5.84 Å². The fourth-order valence-electron chi connectivity index (χ4n) is 2.98. The minimum absolute atomic E-state index is 0.371. The van der Waals surface area contributed by atoms with Crippen molar-refractivity contribution < 1.29 is 17.6 Å². The second kappa shape index (κ2) is 9.00. The highest BCUT2D eigenvalue weighted by atomic mass is 19.3. The molecule has 1 atom stereocenters. The van der Waals surface area contributed by atoms with Crippen LogP contribution in [0.25, 0.3) is 11.1 Å².